The number of nitriles is 1. The van der Waals surface area contributed by atoms with Gasteiger partial charge in [0.25, 0.3) is 0 Å². The molecule has 0 aromatic heterocycles. The van der Waals surface area contributed by atoms with Crippen molar-refractivity contribution in [2.24, 2.45) is 0 Å². The highest BCUT2D eigenvalue weighted by molar-refractivity contribution is 5.47. The molecule has 0 heterocycles. The number of rotatable bonds is 7. The summed E-state index contributed by atoms with van der Waals surface area (Å²) in [5, 5.41) is 12.6. The van der Waals surface area contributed by atoms with Crippen LogP contribution in [0.4, 0.5) is 5.69 Å². The van der Waals surface area contributed by atoms with E-state index in [2.05, 4.69) is 61.4 Å². The van der Waals surface area contributed by atoms with Crippen molar-refractivity contribution in [1.29, 1.82) is 5.26 Å². The standard InChI is InChI=1S/C16H25N3/c1-5-10-18-16(3,13-17)9-11-19(4)15-8-6-7-14(2)12-15/h6-8,12,18H,5,9-11H2,1-4H3. The summed E-state index contributed by atoms with van der Waals surface area (Å²) >= 11 is 0. The van der Waals surface area contributed by atoms with Crippen LogP contribution >= 0.6 is 0 Å². The van der Waals surface area contributed by atoms with Crippen LogP contribution in [0, 0.1) is 18.3 Å². The summed E-state index contributed by atoms with van der Waals surface area (Å²) in [5.41, 5.74) is 2.03. The van der Waals surface area contributed by atoms with Crippen molar-refractivity contribution >= 4 is 5.69 Å². The molecule has 0 saturated carbocycles. The lowest BCUT2D eigenvalue weighted by Crippen LogP contribution is -2.43. The van der Waals surface area contributed by atoms with Gasteiger partial charge in [-0.05, 0) is 50.9 Å². The zero-order valence-corrected chi connectivity index (χ0v) is 12.5. The van der Waals surface area contributed by atoms with E-state index in [0.717, 1.165) is 25.9 Å². The van der Waals surface area contributed by atoms with Gasteiger partial charge in [-0.15, -0.1) is 0 Å². The summed E-state index contributed by atoms with van der Waals surface area (Å²) in [6.45, 7) is 7.94. The van der Waals surface area contributed by atoms with Crippen molar-refractivity contribution < 1.29 is 0 Å². The van der Waals surface area contributed by atoms with E-state index in [-0.39, 0.29) is 0 Å². The number of nitrogens with one attached hydrogen (secondary N) is 1. The summed E-state index contributed by atoms with van der Waals surface area (Å²) in [4.78, 5) is 2.20. The zero-order chi connectivity index (χ0) is 14.3. The second kappa shape index (κ2) is 7.16. The minimum Gasteiger partial charge on any atom is -0.374 e. The van der Waals surface area contributed by atoms with Crippen molar-refractivity contribution in [3.8, 4) is 6.07 Å². The second-order valence-electron chi connectivity index (χ2n) is 5.38. The van der Waals surface area contributed by atoms with E-state index in [1.54, 1.807) is 0 Å². The van der Waals surface area contributed by atoms with Gasteiger partial charge in [0.1, 0.15) is 5.54 Å². The molecule has 0 aliphatic rings. The average Bonchev–Trinajstić information content (AvgIpc) is 2.42. The normalized spacial score (nSPS) is 13.6. The van der Waals surface area contributed by atoms with Gasteiger partial charge in [-0.1, -0.05) is 19.1 Å². The van der Waals surface area contributed by atoms with Crippen LogP contribution in [0.3, 0.4) is 0 Å². The molecular formula is C16H25N3. The van der Waals surface area contributed by atoms with Crippen molar-refractivity contribution in [1.82, 2.24) is 5.32 Å². The van der Waals surface area contributed by atoms with Gasteiger partial charge >= 0.3 is 0 Å². The Balaban J connectivity index is 2.57. The van der Waals surface area contributed by atoms with Crippen molar-refractivity contribution in [3.63, 3.8) is 0 Å². The van der Waals surface area contributed by atoms with E-state index in [1.165, 1.54) is 11.3 Å². The Kier molecular flexibility index (Phi) is 5.85. The van der Waals surface area contributed by atoms with Gasteiger partial charge in [0, 0.05) is 19.3 Å². The zero-order valence-electron chi connectivity index (χ0n) is 12.5. The lowest BCUT2D eigenvalue weighted by atomic mass is 9.99. The first-order valence-electron chi connectivity index (χ1n) is 6.95. The summed E-state index contributed by atoms with van der Waals surface area (Å²) in [6, 6.07) is 10.8. The Morgan fingerprint density at radius 2 is 2.16 bits per heavy atom. The summed E-state index contributed by atoms with van der Waals surface area (Å²) < 4.78 is 0. The van der Waals surface area contributed by atoms with Crippen LogP contribution in [0.25, 0.3) is 0 Å². The van der Waals surface area contributed by atoms with Crippen LogP contribution in [-0.2, 0) is 0 Å². The molecule has 0 fully saturated rings. The maximum absolute atomic E-state index is 9.31. The fourth-order valence-corrected chi connectivity index (χ4v) is 1.97. The van der Waals surface area contributed by atoms with Crippen LogP contribution in [0.2, 0.25) is 0 Å². The van der Waals surface area contributed by atoms with Gasteiger partial charge in [-0.3, -0.25) is 5.32 Å². The molecule has 3 nitrogen and oxygen atoms in total. The topological polar surface area (TPSA) is 39.1 Å². The van der Waals surface area contributed by atoms with Crippen LogP contribution in [-0.4, -0.2) is 25.7 Å². The summed E-state index contributed by atoms with van der Waals surface area (Å²) in [5.74, 6) is 0. The fraction of sp³-hybridized carbons (Fsp3) is 0.562. The monoisotopic (exact) mass is 259 g/mol. The predicted octanol–water partition coefficient (Wildman–Crippen LogP) is 3.10. The van der Waals surface area contributed by atoms with E-state index in [9.17, 15) is 5.26 Å². The predicted molar refractivity (Wildman–Crippen MR) is 81.4 cm³/mol. The Morgan fingerprint density at radius 1 is 1.42 bits per heavy atom. The van der Waals surface area contributed by atoms with Crippen molar-refractivity contribution in [3.05, 3.63) is 29.8 Å². The van der Waals surface area contributed by atoms with Gasteiger partial charge in [-0.2, -0.15) is 5.26 Å². The van der Waals surface area contributed by atoms with Crippen LogP contribution in [0.1, 0.15) is 32.3 Å². The molecule has 19 heavy (non-hydrogen) atoms. The highest BCUT2D eigenvalue weighted by atomic mass is 15.1. The van der Waals surface area contributed by atoms with Gasteiger partial charge in [0.15, 0.2) is 0 Å². The molecule has 104 valence electrons. The molecule has 1 aromatic rings. The van der Waals surface area contributed by atoms with Crippen molar-refractivity contribution in [2.45, 2.75) is 39.2 Å². The number of nitrogens with zero attached hydrogens (tertiary/aromatic N) is 2. The number of aryl methyl sites for hydroxylation is 1. The molecule has 1 rings (SSSR count). The summed E-state index contributed by atoms with van der Waals surface area (Å²) in [6.07, 6.45) is 1.86. The molecule has 1 N–H and O–H groups in total. The van der Waals surface area contributed by atoms with E-state index in [0.29, 0.717) is 0 Å². The first kappa shape index (κ1) is 15.5. The van der Waals surface area contributed by atoms with Crippen molar-refractivity contribution in [2.75, 3.05) is 25.0 Å². The number of anilines is 1. The maximum Gasteiger partial charge on any atom is 0.105 e. The molecule has 1 aromatic carbocycles. The van der Waals surface area contributed by atoms with E-state index in [1.807, 2.05) is 6.92 Å². The van der Waals surface area contributed by atoms with Gasteiger partial charge < -0.3 is 4.90 Å². The Hall–Kier alpha value is -1.53. The third kappa shape index (κ3) is 4.92. The number of hydrogen-bond donors (Lipinski definition) is 1. The van der Waals surface area contributed by atoms with Gasteiger partial charge in [-0.25, -0.2) is 0 Å². The minimum atomic E-state index is -0.436. The van der Waals surface area contributed by atoms with Crippen LogP contribution in [0.15, 0.2) is 24.3 Å². The van der Waals surface area contributed by atoms with E-state index < -0.39 is 5.54 Å². The molecule has 0 amide bonds. The highest BCUT2D eigenvalue weighted by Crippen LogP contribution is 2.17. The van der Waals surface area contributed by atoms with Crippen LogP contribution < -0.4 is 10.2 Å². The third-order valence-corrected chi connectivity index (χ3v) is 3.40. The minimum absolute atomic E-state index is 0.436. The molecule has 0 radical (unpaired) electrons. The quantitative estimate of drug-likeness (QED) is 0.818. The molecule has 0 aliphatic carbocycles. The van der Waals surface area contributed by atoms with Crippen LogP contribution in [0.5, 0.6) is 0 Å². The molecule has 3 heteroatoms. The molecule has 0 saturated heterocycles. The molecule has 1 atom stereocenters. The Morgan fingerprint density at radius 3 is 2.74 bits per heavy atom. The first-order chi connectivity index (χ1) is 9.00. The molecule has 1 unspecified atom stereocenters. The Labute approximate surface area is 117 Å². The van der Waals surface area contributed by atoms with Gasteiger partial charge in [0.05, 0.1) is 6.07 Å². The maximum atomic E-state index is 9.31. The second-order valence-corrected chi connectivity index (χ2v) is 5.38. The first-order valence-corrected chi connectivity index (χ1v) is 6.95. The lowest BCUT2D eigenvalue weighted by Gasteiger charge is -2.27. The number of hydrogen-bond acceptors (Lipinski definition) is 3. The molecule has 0 spiro atoms. The van der Waals surface area contributed by atoms with E-state index >= 15 is 0 Å². The average molecular weight is 259 g/mol. The fourth-order valence-electron chi connectivity index (χ4n) is 1.97. The molecule has 0 aliphatic heterocycles. The smallest absolute Gasteiger partial charge is 0.105 e. The lowest BCUT2D eigenvalue weighted by molar-refractivity contribution is 0.421. The Bertz CT molecular complexity index is 436. The highest BCUT2D eigenvalue weighted by Gasteiger charge is 2.22. The van der Waals surface area contributed by atoms with E-state index in [4.69, 9.17) is 0 Å². The molecule has 0 bridgehead atoms. The summed E-state index contributed by atoms with van der Waals surface area (Å²) in [7, 11) is 2.08. The number of benzene rings is 1. The van der Waals surface area contributed by atoms with Gasteiger partial charge in [0.2, 0.25) is 0 Å². The SMILES string of the molecule is CCCNC(C)(C#N)CCN(C)c1cccc(C)c1. The largest absolute Gasteiger partial charge is 0.374 e. The molecular weight excluding hydrogens is 234 g/mol. The third-order valence-electron chi connectivity index (χ3n) is 3.40.